The van der Waals surface area contributed by atoms with Crippen molar-refractivity contribution in [1.82, 2.24) is 15.0 Å². The summed E-state index contributed by atoms with van der Waals surface area (Å²) < 4.78 is 38.9. The van der Waals surface area contributed by atoms with E-state index in [4.69, 9.17) is 11.5 Å². The van der Waals surface area contributed by atoms with Crippen molar-refractivity contribution in [3.05, 3.63) is 65.5 Å². The van der Waals surface area contributed by atoms with Crippen LogP contribution in [-0.4, -0.2) is 29.6 Å². The third kappa shape index (κ3) is 4.31. The van der Waals surface area contributed by atoms with Gasteiger partial charge in [-0.05, 0) is 31.2 Å². The van der Waals surface area contributed by atoms with Gasteiger partial charge in [-0.3, -0.25) is 0 Å². The summed E-state index contributed by atoms with van der Waals surface area (Å²) in [4.78, 5) is 12.6. The Morgan fingerprint density at radius 3 is 2.53 bits per heavy atom. The maximum Gasteiger partial charge on any atom is 0.224 e. The quantitative estimate of drug-likeness (QED) is 0.391. The Bertz CT molecular complexity index is 1580. The molecule has 0 amide bonds. The zero-order chi connectivity index (χ0) is 24.6. The minimum Gasteiger partial charge on any atom is -0.382 e. The first-order valence-corrected chi connectivity index (χ1v) is 12.0. The number of hydrogen-bond donors (Lipinski definition) is 3. The SMILES string of the molecule is CC(Nc1nc(N)nc(N)c1C#N)c1cc2ccc(F)cc2nc1-c1ccccc1S(C)(=O)=O. The van der Waals surface area contributed by atoms with E-state index in [0.717, 1.165) is 6.26 Å². The number of benzene rings is 2. The van der Waals surface area contributed by atoms with Crippen LogP contribution in [0.4, 0.5) is 22.0 Å². The number of nitrogen functional groups attached to an aromatic ring is 2. The van der Waals surface area contributed by atoms with Crippen molar-refractivity contribution < 1.29 is 12.8 Å². The maximum absolute atomic E-state index is 13.9. The van der Waals surface area contributed by atoms with Crippen molar-refractivity contribution in [1.29, 1.82) is 5.26 Å². The molecule has 0 aliphatic rings. The predicted octanol–water partition coefficient (Wildman–Crippen LogP) is 3.44. The predicted molar refractivity (Wildman–Crippen MR) is 128 cm³/mol. The van der Waals surface area contributed by atoms with Crippen LogP contribution in [-0.2, 0) is 9.84 Å². The number of nitriles is 1. The van der Waals surface area contributed by atoms with E-state index in [1.165, 1.54) is 18.2 Å². The first-order valence-electron chi connectivity index (χ1n) is 10.1. The van der Waals surface area contributed by atoms with Crippen LogP contribution >= 0.6 is 0 Å². The highest BCUT2D eigenvalue weighted by Gasteiger charge is 2.22. The number of pyridine rings is 1. The normalized spacial score (nSPS) is 12.3. The zero-order valence-electron chi connectivity index (χ0n) is 18.2. The molecule has 2 heterocycles. The maximum atomic E-state index is 13.9. The lowest BCUT2D eigenvalue weighted by Crippen LogP contribution is -2.14. The van der Waals surface area contributed by atoms with E-state index in [0.29, 0.717) is 27.7 Å². The van der Waals surface area contributed by atoms with Gasteiger partial charge in [-0.1, -0.05) is 18.2 Å². The molecule has 0 fully saturated rings. The molecule has 0 aliphatic carbocycles. The molecule has 4 rings (SSSR count). The molecule has 0 bridgehead atoms. The van der Waals surface area contributed by atoms with Gasteiger partial charge in [0.05, 0.1) is 22.1 Å². The number of nitrogens with one attached hydrogen (secondary N) is 1. The van der Waals surface area contributed by atoms with Gasteiger partial charge in [0.2, 0.25) is 5.95 Å². The smallest absolute Gasteiger partial charge is 0.224 e. The lowest BCUT2D eigenvalue weighted by atomic mass is 9.98. The summed E-state index contributed by atoms with van der Waals surface area (Å²) in [7, 11) is -3.60. The zero-order valence-corrected chi connectivity index (χ0v) is 19.1. The van der Waals surface area contributed by atoms with E-state index in [1.807, 2.05) is 6.07 Å². The van der Waals surface area contributed by atoms with Crippen LogP contribution in [0.2, 0.25) is 0 Å². The van der Waals surface area contributed by atoms with Crippen LogP contribution in [0.3, 0.4) is 0 Å². The summed E-state index contributed by atoms with van der Waals surface area (Å²) in [5.74, 6) is -0.520. The monoisotopic (exact) mass is 477 g/mol. The molecule has 9 nitrogen and oxygen atoms in total. The first-order chi connectivity index (χ1) is 16.1. The molecule has 0 saturated heterocycles. The van der Waals surface area contributed by atoms with Crippen molar-refractivity contribution in [2.24, 2.45) is 0 Å². The number of sulfone groups is 1. The van der Waals surface area contributed by atoms with E-state index in [2.05, 4.69) is 20.3 Å². The van der Waals surface area contributed by atoms with Gasteiger partial charge in [0.1, 0.15) is 23.3 Å². The molecule has 11 heteroatoms. The third-order valence-electron chi connectivity index (χ3n) is 5.24. The standard InChI is InChI=1S/C23H20FN7O2S/c1-12(28-22-17(11-25)21(26)30-23(27)31-22)16-9-13-7-8-14(24)10-18(13)29-20(16)15-5-3-4-6-19(15)34(2,32)33/h3-10,12H,1-2H3,(H5,26,27,28,30,31). The van der Waals surface area contributed by atoms with Crippen molar-refractivity contribution in [2.75, 3.05) is 23.0 Å². The molecule has 1 unspecified atom stereocenters. The summed E-state index contributed by atoms with van der Waals surface area (Å²) >= 11 is 0. The molecule has 34 heavy (non-hydrogen) atoms. The van der Waals surface area contributed by atoms with E-state index in [1.54, 1.807) is 37.3 Å². The highest BCUT2D eigenvalue weighted by atomic mass is 32.2. The van der Waals surface area contributed by atoms with E-state index < -0.39 is 21.7 Å². The molecular formula is C23H20FN7O2S. The van der Waals surface area contributed by atoms with Crippen molar-refractivity contribution >= 4 is 38.3 Å². The van der Waals surface area contributed by atoms with E-state index in [-0.39, 0.29) is 28.0 Å². The van der Waals surface area contributed by atoms with Crippen molar-refractivity contribution in [3.63, 3.8) is 0 Å². The molecule has 5 N–H and O–H groups in total. The minimum atomic E-state index is -3.60. The van der Waals surface area contributed by atoms with Crippen LogP contribution in [0, 0.1) is 17.1 Å². The van der Waals surface area contributed by atoms with Gasteiger partial charge in [0, 0.05) is 28.8 Å². The molecule has 1 atom stereocenters. The molecule has 0 spiro atoms. The van der Waals surface area contributed by atoms with Crippen LogP contribution in [0.5, 0.6) is 0 Å². The van der Waals surface area contributed by atoms with Gasteiger partial charge in [0.15, 0.2) is 15.7 Å². The average molecular weight is 478 g/mol. The van der Waals surface area contributed by atoms with Gasteiger partial charge in [-0.25, -0.2) is 17.8 Å². The summed E-state index contributed by atoms with van der Waals surface area (Å²) in [6, 6.07) is 13.8. The molecule has 2 aromatic heterocycles. The third-order valence-corrected chi connectivity index (χ3v) is 6.39. The summed E-state index contributed by atoms with van der Waals surface area (Å²) in [5, 5.41) is 13.2. The van der Waals surface area contributed by atoms with Crippen LogP contribution in [0.25, 0.3) is 22.2 Å². The Morgan fingerprint density at radius 2 is 1.82 bits per heavy atom. The number of aromatic nitrogens is 3. The molecule has 2 aromatic carbocycles. The Labute approximate surface area is 195 Å². The number of hydrogen-bond acceptors (Lipinski definition) is 9. The average Bonchev–Trinajstić information content (AvgIpc) is 2.77. The number of anilines is 3. The highest BCUT2D eigenvalue weighted by molar-refractivity contribution is 7.90. The number of nitrogens with zero attached hydrogens (tertiary/aromatic N) is 4. The fraction of sp³-hybridized carbons (Fsp3) is 0.130. The highest BCUT2D eigenvalue weighted by Crippen LogP contribution is 2.35. The Morgan fingerprint density at radius 1 is 1.09 bits per heavy atom. The van der Waals surface area contributed by atoms with Crippen molar-refractivity contribution in [2.45, 2.75) is 17.9 Å². The Kier molecular flexibility index (Phi) is 5.76. The molecule has 0 radical (unpaired) electrons. The molecular weight excluding hydrogens is 457 g/mol. The van der Waals surface area contributed by atoms with Gasteiger partial charge in [-0.2, -0.15) is 15.2 Å². The molecule has 4 aromatic rings. The second-order valence-electron chi connectivity index (χ2n) is 7.70. The minimum absolute atomic E-state index is 0.0231. The largest absolute Gasteiger partial charge is 0.382 e. The topological polar surface area (TPSA) is 161 Å². The fourth-order valence-corrected chi connectivity index (χ4v) is 4.57. The van der Waals surface area contributed by atoms with Gasteiger partial charge < -0.3 is 16.8 Å². The molecule has 172 valence electrons. The fourth-order valence-electron chi connectivity index (χ4n) is 3.68. The van der Waals surface area contributed by atoms with Gasteiger partial charge in [-0.15, -0.1) is 0 Å². The lowest BCUT2D eigenvalue weighted by molar-refractivity contribution is 0.602. The first kappa shape index (κ1) is 22.9. The summed E-state index contributed by atoms with van der Waals surface area (Å²) in [6.07, 6.45) is 1.11. The number of fused-ring (bicyclic) bond motifs is 1. The Hall–Kier alpha value is -4.30. The number of halogens is 1. The summed E-state index contributed by atoms with van der Waals surface area (Å²) in [6.45, 7) is 1.79. The van der Waals surface area contributed by atoms with Crippen LogP contribution in [0.1, 0.15) is 24.1 Å². The summed E-state index contributed by atoms with van der Waals surface area (Å²) in [5.41, 5.74) is 13.2. The van der Waals surface area contributed by atoms with E-state index >= 15 is 0 Å². The van der Waals surface area contributed by atoms with Crippen LogP contribution in [0.15, 0.2) is 53.4 Å². The van der Waals surface area contributed by atoms with E-state index in [9.17, 15) is 18.1 Å². The van der Waals surface area contributed by atoms with Crippen LogP contribution < -0.4 is 16.8 Å². The Balaban J connectivity index is 1.95. The lowest BCUT2D eigenvalue weighted by Gasteiger charge is -2.21. The van der Waals surface area contributed by atoms with Gasteiger partial charge >= 0.3 is 0 Å². The van der Waals surface area contributed by atoms with Gasteiger partial charge in [0.25, 0.3) is 0 Å². The molecule has 0 saturated carbocycles. The van der Waals surface area contributed by atoms with Crippen molar-refractivity contribution in [3.8, 4) is 17.3 Å². The second-order valence-corrected chi connectivity index (χ2v) is 9.68. The second kappa shape index (κ2) is 8.57. The number of rotatable bonds is 5. The number of nitrogens with two attached hydrogens (primary N) is 2. The molecule has 0 aliphatic heterocycles.